The fourth-order valence-corrected chi connectivity index (χ4v) is 0.949. The summed E-state index contributed by atoms with van der Waals surface area (Å²) >= 11 is 0. The molecule has 0 atom stereocenters. The molecule has 0 saturated carbocycles. The Bertz CT molecular complexity index is 377. The van der Waals surface area contributed by atoms with Gasteiger partial charge in [0.1, 0.15) is 0 Å². The third-order valence-corrected chi connectivity index (χ3v) is 1.61. The molecule has 1 N–H and O–H groups in total. The molecule has 0 bridgehead atoms. The first kappa shape index (κ1) is 11.2. The third kappa shape index (κ3) is 3.38. The van der Waals surface area contributed by atoms with Crippen molar-refractivity contribution < 1.29 is 14.6 Å². The summed E-state index contributed by atoms with van der Waals surface area (Å²) < 4.78 is 5.16. The molecule has 5 heteroatoms. The number of hydrogen-bond acceptors (Lipinski definition) is 4. The molecule has 15 heavy (non-hydrogen) atoms. The summed E-state index contributed by atoms with van der Waals surface area (Å²) in [6, 6.07) is 1.48. The van der Waals surface area contributed by atoms with Crippen LogP contribution in [0.4, 0.5) is 0 Å². The first-order chi connectivity index (χ1) is 7.13. The second kappa shape index (κ2) is 5.09. The molecule has 1 aromatic rings. The predicted molar refractivity (Wildman–Crippen MR) is 54.0 cm³/mol. The Hall–Kier alpha value is -1.91. The minimum Gasteiger partial charge on any atom is -0.477 e. The van der Waals surface area contributed by atoms with Crippen molar-refractivity contribution in [3.05, 3.63) is 30.1 Å². The van der Waals surface area contributed by atoms with Crippen molar-refractivity contribution in [2.75, 3.05) is 6.61 Å². The maximum Gasteiger partial charge on any atom is 0.354 e. The number of ether oxygens (including phenoxy) is 1. The molecule has 0 fully saturated rings. The summed E-state index contributed by atoms with van der Waals surface area (Å²) in [6.45, 7) is 5.62. The zero-order chi connectivity index (χ0) is 11.3. The van der Waals surface area contributed by atoms with Crippen LogP contribution in [0.25, 0.3) is 0 Å². The fraction of sp³-hybridized carbons (Fsp3) is 0.300. The Kier molecular flexibility index (Phi) is 3.79. The molecule has 0 aromatic carbocycles. The molecule has 1 rings (SSSR count). The average molecular weight is 208 g/mol. The van der Waals surface area contributed by atoms with Crippen LogP contribution in [0.5, 0.6) is 6.01 Å². The highest BCUT2D eigenvalue weighted by molar-refractivity contribution is 5.85. The summed E-state index contributed by atoms with van der Waals surface area (Å²) in [5.74, 6) is -1.09. The number of carbonyl (C=O) groups is 1. The van der Waals surface area contributed by atoms with E-state index in [2.05, 4.69) is 16.5 Å². The molecule has 0 spiro atoms. The van der Waals surface area contributed by atoms with Gasteiger partial charge < -0.3 is 9.84 Å². The van der Waals surface area contributed by atoms with Gasteiger partial charge >= 0.3 is 12.0 Å². The highest BCUT2D eigenvalue weighted by atomic mass is 16.5. The smallest absolute Gasteiger partial charge is 0.354 e. The highest BCUT2D eigenvalue weighted by Gasteiger charge is 2.08. The fourth-order valence-electron chi connectivity index (χ4n) is 0.949. The number of aryl methyl sites for hydroxylation is 1. The van der Waals surface area contributed by atoms with E-state index in [1.54, 1.807) is 13.0 Å². The van der Waals surface area contributed by atoms with Crippen molar-refractivity contribution in [1.29, 1.82) is 0 Å². The monoisotopic (exact) mass is 208 g/mol. The zero-order valence-electron chi connectivity index (χ0n) is 8.43. The van der Waals surface area contributed by atoms with Gasteiger partial charge in [0, 0.05) is 5.69 Å². The lowest BCUT2D eigenvalue weighted by atomic mass is 10.3. The van der Waals surface area contributed by atoms with Crippen LogP contribution in [-0.4, -0.2) is 27.7 Å². The van der Waals surface area contributed by atoms with Crippen molar-refractivity contribution in [3.8, 4) is 6.01 Å². The van der Waals surface area contributed by atoms with Gasteiger partial charge in [-0.2, -0.15) is 4.98 Å². The number of carboxylic acids is 1. The van der Waals surface area contributed by atoms with Gasteiger partial charge in [-0.15, -0.1) is 6.58 Å². The number of hydrogen-bond donors (Lipinski definition) is 1. The third-order valence-electron chi connectivity index (χ3n) is 1.61. The van der Waals surface area contributed by atoms with Crippen molar-refractivity contribution in [1.82, 2.24) is 9.97 Å². The summed E-state index contributed by atoms with van der Waals surface area (Å²) in [4.78, 5) is 18.4. The number of rotatable bonds is 5. The molecule has 0 radical (unpaired) electrons. The molecule has 1 heterocycles. The molecule has 1 aromatic heterocycles. The van der Waals surface area contributed by atoms with Gasteiger partial charge in [-0.1, -0.05) is 6.08 Å². The van der Waals surface area contributed by atoms with Crippen molar-refractivity contribution in [2.24, 2.45) is 0 Å². The Morgan fingerprint density at radius 2 is 2.40 bits per heavy atom. The molecular formula is C10H12N2O3. The zero-order valence-corrected chi connectivity index (χ0v) is 8.43. The van der Waals surface area contributed by atoms with E-state index in [0.717, 1.165) is 0 Å². The Morgan fingerprint density at radius 1 is 1.67 bits per heavy atom. The lowest BCUT2D eigenvalue weighted by Crippen LogP contribution is -2.07. The quantitative estimate of drug-likeness (QED) is 0.585. The molecule has 0 aliphatic rings. The van der Waals surface area contributed by atoms with Crippen molar-refractivity contribution >= 4 is 5.97 Å². The van der Waals surface area contributed by atoms with Gasteiger partial charge in [0.05, 0.1) is 6.61 Å². The molecule has 80 valence electrons. The number of aromatic carboxylic acids is 1. The van der Waals surface area contributed by atoms with E-state index in [0.29, 0.717) is 18.7 Å². The molecule has 0 unspecified atom stereocenters. The second-order valence-corrected chi connectivity index (χ2v) is 2.91. The van der Waals surface area contributed by atoms with E-state index >= 15 is 0 Å². The second-order valence-electron chi connectivity index (χ2n) is 2.91. The molecule has 0 amide bonds. The SMILES string of the molecule is C=CCCOc1nc(C)cc(C(=O)O)n1. The minimum atomic E-state index is -1.09. The standard InChI is InChI=1S/C10H12N2O3/c1-3-4-5-15-10-11-7(2)6-8(12-10)9(13)14/h3,6H,1,4-5H2,2H3,(H,13,14). The minimum absolute atomic E-state index is 0.0592. The number of nitrogens with zero attached hydrogens (tertiary/aromatic N) is 2. The Balaban J connectivity index is 2.79. The first-order valence-corrected chi connectivity index (χ1v) is 4.46. The van der Waals surface area contributed by atoms with E-state index in [1.165, 1.54) is 6.07 Å². The highest BCUT2D eigenvalue weighted by Crippen LogP contribution is 2.07. The predicted octanol–water partition coefficient (Wildman–Crippen LogP) is 1.44. The summed E-state index contributed by atoms with van der Waals surface area (Å²) in [5.41, 5.74) is 0.507. The lowest BCUT2D eigenvalue weighted by molar-refractivity contribution is 0.0688. The first-order valence-electron chi connectivity index (χ1n) is 4.46. The van der Waals surface area contributed by atoms with E-state index in [4.69, 9.17) is 9.84 Å². The Morgan fingerprint density at radius 3 is 3.00 bits per heavy atom. The van der Waals surface area contributed by atoms with Crippen molar-refractivity contribution in [3.63, 3.8) is 0 Å². The number of carboxylic acid groups (broad SMARTS) is 1. The summed E-state index contributed by atoms with van der Waals surface area (Å²) in [7, 11) is 0. The number of aromatic nitrogens is 2. The van der Waals surface area contributed by atoms with E-state index < -0.39 is 5.97 Å². The van der Waals surface area contributed by atoms with Gasteiger partial charge in [-0.05, 0) is 19.4 Å². The van der Waals surface area contributed by atoms with Crippen LogP contribution in [0.2, 0.25) is 0 Å². The van der Waals surface area contributed by atoms with E-state index in [1.807, 2.05) is 0 Å². The van der Waals surface area contributed by atoms with Crippen LogP contribution in [0.3, 0.4) is 0 Å². The van der Waals surface area contributed by atoms with Gasteiger partial charge in [-0.3, -0.25) is 0 Å². The van der Waals surface area contributed by atoms with Crippen LogP contribution < -0.4 is 4.74 Å². The van der Waals surface area contributed by atoms with Crippen LogP contribution in [-0.2, 0) is 0 Å². The maximum absolute atomic E-state index is 10.7. The molecule has 0 saturated heterocycles. The maximum atomic E-state index is 10.7. The Labute approximate surface area is 87.4 Å². The molecular weight excluding hydrogens is 196 g/mol. The molecule has 0 aliphatic heterocycles. The van der Waals surface area contributed by atoms with Gasteiger partial charge in [0.25, 0.3) is 0 Å². The van der Waals surface area contributed by atoms with Crippen LogP contribution in [0.1, 0.15) is 22.6 Å². The average Bonchev–Trinajstić information content (AvgIpc) is 2.17. The van der Waals surface area contributed by atoms with Gasteiger partial charge in [0.15, 0.2) is 5.69 Å². The van der Waals surface area contributed by atoms with Gasteiger partial charge in [0.2, 0.25) is 0 Å². The largest absolute Gasteiger partial charge is 0.477 e. The van der Waals surface area contributed by atoms with Crippen LogP contribution in [0.15, 0.2) is 18.7 Å². The molecule has 5 nitrogen and oxygen atoms in total. The van der Waals surface area contributed by atoms with Crippen molar-refractivity contribution in [2.45, 2.75) is 13.3 Å². The van der Waals surface area contributed by atoms with Crippen LogP contribution >= 0.6 is 0 Å². The van der Waals surface area contributed by atoms with Crippen LogP contribution in [0, 0.1) is 6.92 Å². The van der Waals surface area contributed by atoms with E-state index in [-0.39, 0.29) is 11.7 Å². The van der Waals surface area contributed by atoms with Gasteiger partial charge in [-0.25, -0.2) is 9.78 Å². The normalized spacial score (nSPS) is 9.67. The lowest BCUT2D eigenvalue weighted by Gasteiger charge is -2.04. The molecule has 0 aliphatic carbocycles. The van der Waals surface area contributed by atoms with E-state index in [9.17, 15) is 4.79 Å². The summed E-state index contributed by atoms with van der Waals surface area (Å²) in [6.07, 6.45) is 2.37. The topological polar surface area (TPSA) is 72.3 Å². The summed E-state index contributed by atoms with van der Waals surface area (Å²) in [5, 5.41) is 8.74.